The molecule has 25 heavy (non-hydrogen) atoms. The van der Waals surface area contributed by atoms with Gasteiger partial charge in [0.15, 0.2) is 0 Å². The molecule has 3 amide bonds. The van der Waals surface area contributed by atoms with Crippen LogP contribution in [0.15, 0.2) is 41.8 Å². The minimum Gasteiger partial charge on any atom is -0.366 e. The molecular weight excluding hydrogens is 338 g/mol. The summed E-state index contributed by atoms with van der Waals surface area (Å²) in [6, 6.07) is 9.61. The van der Waals surface area contributed by atoms with Crippen LogP contribution in [0.5, 0.6) is 0 Å². The Labute approximate surface area is 150 Å². The fourth-order valence-corrected chi connectivity index (χ4v) is 2.92. The summed E-state index contributed by atoms with van der Waals surface area (Å²) in [5, 5.41) is 7.38. The first-order valence-corrected chi connectivity index (χ1v) is 8.77. The van der Waals surface area contributed by atoms with Crippen LogP contribution in [-0.4, -0.2) is 23.8 Å². The van der Waals surface area contributed by atoms with E-state index < -0.39 is 11.9 Å². The first-order valence-electron chi connectivity index (χ1n) is 7.89. The lowest BCUT2D eigenvalue weighted by atomic mass is 10.0. The smallest absolute Gasteiger partial charge is 0.262 e. The summed E-state index contributed by atoms with van der Waals surface area (Å²) in [4.78, 5) is 36.4. The highest BCUT2D eigenvalue weighted by Crippen LogP contribution is 2.11. The molecule has 0 aliphatic carbocycles. The van der Waals surface area contributed by atoms with Crippen LogP contribution in [0.2, 0.25) is 0 Å². The van der Waals surface area contributed by atoms with Crippen molar-refractivity contribution < 1.29 is 14.4 Å². The molecule has 6 nitrogen and oxygen atoms in total. The van der Waals surface area contributed by atoms with E-state index >= 15 is 0 Å². The first kappa shape index (κ1) is 18.7. The maximum absolute atomic E-state index is 12.5. The van der Waals surface area contributed by atoms with Gasteiger partial charge < -0.3 is 16.4 Å². The van der Waals surface area contributed by atoms with Gasteiger partial charge in [0.1, 0.15) is 6.04 Å². The molecule has 0 fully saturated rings. The lowest BCUT2D eigenvalue weighted by Gasteiger charge is -2.21. The van der Waals surface area contributed by atoms with Crippen molar-refractivity contribution in [2.24, 2.45) is 11.7 Å². The predicted octanol–water partition coefficient (Wildman–Crippen LogP) is 1.92. The third kappa shape index (κ3) is 5.15. The number of hydrogen-bond donors (Lipinski definition) is 3. The molecule has 1 heterocycles. The highest BCUT2D eigenvalue weighted by Gasteiger charge is 2.24. The van der Waals surface area contributed by atoms with Crippen LogP contribution >= 0.6 is 11.3 Å². The molecule has 0 saturated carbocycles. The van der Waals surface area contributed by atoms with Crippen LogP contribution in [0.25, 0.3) is 0 Å². The topological polar surface area (TPSA) is 101 Å². The summed E-state index contributed by atoms with van der Waals surface area (Å²) in [7, 11) is 0. The number of primary amides is 1. The molecule has 2 rings (SSSR count). The quantitative estimate of drug-likeness (QED) is 0.704. The van der Waals surface area contributed by atoms with Gasteiger partial charge in [0.25, 0.3) is 5.91 Å². The van der Waals surface area contributed by atoms with Crippen LogP contribution < -0.4 is 16.4 Å². The SMILES string of the molecule is CC(C)[C@H](NC(=O)c1cccs1)C(=O)NCc1cccc(C(N)=O)c1. The van der Waals surface area contributed by atoms with Crippen LogP contribution in [0.4, 0.5) is 0 Å². The Bertz CT molecular complexity index is 757. The second-order valence-electron chi connectivity index (χ2n) is 5.95. The average molecular weight is 359 g/mol. The van der Waals surface area contributed by atoms with Crippen molar-refractivity contribution in [1.82, 2.24) is 10.6 Å². The lowest BCUT2D eigenvalue weighted by Crippen LogP contribution is -2.49. The molecule has 1 aromatic carbocycles. The van der Waals surface area contributed by atoms with E-state index in [-0.39, 0.29) is 24.3 Å². The number of rotatable bonds is 7. The van der Waals surface area contributed by atoms with Crippen LogP contribution in [-0.2, 0) is 11.3 Å². The van der Waals surface area contributed by atoms with Gasteiger partial charge in [-0.25, -0.2) is 0 Å². The van der Waals surface area contributed by atoms with Crippen molar-refractivity contribution in [1.29, 1.82) is 0 Å². The number of thiophene rings is 1. The molecule has 0 aliphatic heterocycles. The third-order valence-electron chi connectivity index (χ3n) is 3.66. The Morgan fingerprint density at radius 2 is 1.92 bits per heavy atom. The van der Waals surface area contributed by atoms with Crippen molar-refractivity contribution in [3.8, 4) is 0 Å². The molecule has 132 valence electrons. The van der Waals surface area contributed by atoms with Gasteiger partial charge in [-0.3, -0.25) is 14.4 Å². The number of hydrogen-bond acceptors (Lipinski definition) is 4. The van der Waals surface area contributed by atoms with E-state index in [0.29, 0.717) is 10.4 Å². The zero-order chi connectivity index (χ0) is 18.4. The van der Waals surface area contributed by atoms with Crippen LogP contribution in [0.3, 0.4) is 0 Å². The standard InChI is InChI=1S/C18H21N3O3S/c1-11(2)15(21-17(23)14-7-4-8-25-14)18(24)20-10-12-5-3-6-13(9-12)16(19)22/h3-9,11,15H,10H2,1-2H3,(H2,19,22)(H,20,24)(H,21,23)/t15-/m0/s1. The molecule has 0 radical (unpaired) electrons. The largest absolute Gasteiger partial charge is 0.366 e. The van der Waals surface area contributed by atoms with Gasteiger partial charge >= 0.3 is 0 Å². The molecule has 0 saturated heterocycles. The van der Waals surface area contributed by atoms with Crippen molar-refractivity contribution in [3.05, 3.63) is 57.8 Å². The highest BCUT2D eigenvalue weighted by atomic mass is 32.1. The minimum atomic E-state index is -0.645. The Balaban J connectivity index is 1.99. The van der Waals surface area contributed by atoms with E-state index in [9.17, 15) is 14.4 Å². The molecule has 0 bridgehead atoms. The van der Waals surface area contributed by atoms with Crippen molar-refractivity contribution in [2.45, 2.75) is 26.4 Å². The van der Waals surface area contributed by atoms with E-state index in [2.05, 4.69) is 10.6 Å². The second-order valence-corrected chi connectivity index (χ2v) is 6.90. The van der Waals surface area contributed by atoms with Crippen molar-refractivity contribution in [3.63, 3.8) is 0 Å². The molecule has 0 aliphatic rings. The van der Waals surface area contributed by atoms with E-state index in [0.717, 1.165) is 5.56 Å². The summed E-state index contributed by atoms with van der Waals surface area (Å²) < 4.78 is 0. The van der Waals surface area contributed by atoms with Gasteiger partial charge in [0.2, 0.25) is 11.8 Å². The Kier molecular flexibility index (Phi) is 6.30. The average Bonchev–Trinajstić information content (AvgIpc) is 3.12. The van der Waals surface area contributed by atoms with E-state index in [1.807, 2.05) is 19.2 Å². The Hall–Kier alpha value is -2.67. The zero-order valence-electron chi connectivity index (χ0n) is 14.1. The van der Waals surface area contributed by atoms with Gasteiger partial charge in [0.05, 0.1) is 4.88 Å². The number of amides is 3. The third-order valence-corrected chi connectivity index (χ3v) is 4.53. The highest BCUT2D eigenvalue weighted by molar-refractivity contribution is 7.12. The molecule has 7 heteroatoms. The van der Waals surface area contributed by atoms with Crippen LogP contribution in [0.1, 0.15) is 39.4 Å². The number of carbonyl (C=O) groups excluding carboxylic acids is 3. The van der Waals surface area contributed by atoms with Gasteiger partial charge in [0, 0.05) is 12.1 Å². The van der Waals surface area contributed by atoms with Crippen molar-refractivity contribution >= 4 is 29.1 Å². The van der Waals surface area contributed by atoms with Gasteiger partial charge in [-0.05, 0) is 35.1 Å². The summed E-state index contributed by atoms with van der Waals surface area (Å²) >= 11 is 1.32. The fraction of sp³-hybridized carbons (Fsp3) is 0.278. The normalized spacial score (nSPS) is 11.8. The number of benzene rings is 1. The number of carbonyl (C=O) groups is 3. The van der Waals surface area contributed by atoms with E-state index in [4.69, 9.17) is 5.73 Å². The molecular formula is C18H21N3O3S. The summed E-state index contributed by atoms with van der Waals surface area (Å²) in [5.41, 5.74) is 6.40. The molecule has 1 aromatic heterocycles. The van der Waals surface area contributed by atoms with E-state index in [1.165, 1.54) is 11.3 Å². The van der Waals surface area contributed by atoms with Gasteiger partial charge in [-0.1, -0.05) is 32.0 Å². The Morgan fingerprint density at radius 3 is 2.52 bits per heavy atom. The molecule has 4 N–H and O–H groups in total. The monoisotopic (exact) mass is 359 g/mol. The number of nitrogens with one attached hydrogen (secondary N) is 2. The minimum absolute atomic E-state index is 0.0686. The fourth-order valence-electron chi connectivity index (χ4n) is 2.29. The number of nitrogens with two attached hydrogens (primary N) is 1. The van der Waals surface area contributed by atoms with Crippen LogP contribution in [0, 0.1) is 5.92 Å². The molecule has 1 atom stereocenters. The summed E-state index contributed by atoms with van der Waals surface area (Å²) in [6.07, 6.45) is 0. The second kappa shape index (κ2) is 8.43. The Morgan fingerprint density at radius 1 is 1.16 bits per heavy atom. The maximum Gasteiger partial charge on any atom is 0.262 e. The predicted molar refractivity (Wildman–Crippen MR) is 97.2 cm³/mol. The maximum atomic E-state index is 12.5. The van der Waals surface area contributed by atoms with Crippen molar-refractivity contribution in [2.75, 3.05) is 0 Å². The summed E-state index contributed by atoms with van der Waals surface area (Å²) in [6.45, 7) is 3.98. The first-order chi connectivity index (χ1) is 11.9. The van der Waals surface area contributed by atoms with E-state index in [1.54, 1.807) is 36.4 Å². The molecule has 0 spiro atoms. The van der Waals surface area contributed by atoms with Gasteiger partial charge in [-0.15, -0.1) is 11.3 Å². The molecule has 2 aromatic rings. The van der Waals surface area contributed by atoms with Gasteiger partial charge in [-0.2, -0.15) is 0 Å². The lowest BCUT2D eigenvalue weighted by molar-refractivity contribution is -0.124. The molecule has 0 unspecified atom stereocenters. The zero-order valence-corrected chi connectivity index (χ0v) is 14.9. The summed E-state index contributed by atoms with van der Waals surface area (Å²) in [5.74, 6) is -1.12.